The number of nitrogens with one attached hydrogen (secondary N) is 1. The van der Waals surface area contributed by atoms with Crippen LogP contribution in [0.25, 0.3) is 22.2 Å². The van der Waals surface area contributed by atoms with Crippen LogP contribution in [-0.2, 0) is 23.4 Å². The van der Waals surface area contributed by atoms with Crippen LogP contribution in [0.2, 0.25) is 0 Å². The lowest BCUT2D eigenvalue weighted by atomic mass is 10.1. The zero-order valence-electron chi connectivity index (χ0n) is 17.6. The number of amides is 1. The first-order valence-electron chi connectivity index (χ1n) is 9.98. The van der Waals surface area contributed by atoms with Gasteiger partial charge < -0.3 is 15.2 Å². The van der Waals surface area contributed by atoms with Crippen LogP contribution in [0.1, 0.15) is 24.3 Å². The molecule has 4 heterocycles. The first-order valence-corrected chi connectivity index (χ1v) is 11.8. The molecule has 1 aliphatic heterocycles. The second-order valence-electron chi connectivity index (χ2n) is 8.24. The van der Waals surface area contributed by atoms with Crippen LogP contribution < -0.4 is 11.3 Å². The summed E-state index contributed by atoms with van der Waals surface area (Å²) in [4.78, 5) is 27.4. The van der Waals surface area contributed by atoms with Crippen molar-refractivity contribution >= 4 is 32.5 Å². The minimum absolute atomic E-state index is 0.0440. The first-order chi connectivity index (χ1) is 14.6. The molecule has 12 heteroatoms. The Hall–Kier alpha value is -3.15. The maximum atomic E-state index is 13.0. The number of sulfone groups is 1. The molecule has 0 unspecified atom stereocenters. The molecule has 3 aromatic rings. The molecule has 11 nitrogen and oxygen atoms in total. The molecule has 3 N–H and O–H groups in total. The van der Waals surface area contributed by atoms with E-state index < -0.39 is 9.84 Å². The molecule has 0 radical (unpaired) electrons. The van der Waals surface area contributed by atoms with Crippen molar-refractivity contribution in [3.63, 3.8) is 0 Å². The molecule has 0 spiro atoms. The molecule has 0 aromatic carbocycles. The fourth-order valence-electron chi connectivity index (χ4n) is 3.79. The summed E-state index contributed by atoms with van der Waals surface area (Å²) < 4.78 is 26.4. The second-order valence-corrected chi connectivity index (χ2v) is 10.5. The minimum Gasteiger partial charge on any atom is -0.382 e. The van der Waals surface area contributed by atoms with E-state index in [-0.39, 0.29) is 53.2 Å². The Kier molecular flexibility index (Phi) is 5.12. The van der Waals surface area contributed by atoms with E-state index in [9.17, 15) is 18.0 Å². The van der Waals surface area contributed by atoms with Gasteiger partial charge >= 0.3 is 0 Å². The standard InChI is InChI=1S/C19H25N7O4S/c1-11(2)9-26-10-12(16-15(19(26)28)17(20)22-21-16)13-8-14(24(3)23-13)18(27)25-4-6-31(29,30)7-5-25/h8,10-11H,4-7,9H2,1-3H3,(H3,20,21,22). The molecule has 4 rings (SSSR count). The fourth-order valence-corrected chi connectivity index (χ4v) is 4.99. The smallest absolute Gasteiger partial charge is 0.272 e. The van der Waals surface area contributed by atoms with Crippen LogP contribution in [0.3, 0.4) is 0 Å². The second kappa shape index (κ2) is 7.52. The number of hydrogen-bond donors (Lipinski definition) is 2. The summed E-state index contributed by atoms with van der Waals surface area (Å²) in [6.07, 6.45) is 1.70. The van der Waals surface area contributed by atoms with E-state index in [1.54, 1.807) is 23.9 Å². The quantitative estimate of drug-likeness (QED) is 0.581. The van der Waals surface area contributed by atoms with Crippen molar-refractivity contribution < 1.29 is 13.2 Å². The van der Waals surface area contributed by atoms with Crippen LogP contribution in [0, 0.1) is 5.92 Å². The van der Waals surface area contributed by atoms with Crippen LogP contribution in [0.15, 0.2) is 17.1 Å². The number of H-pyrrole nitrogens is 1. The number of hydrogen-bond acceptors (Lipinski definition) is 7. The largest absolute Gasteiger partial charge is 0.382 e. The number of nitrogens with two attached hydrogens (primary N) is 1. The fraction of sp³-hybridized carbons (Fsp3) is 0.474. The van der Waals surface area contributed by atoms with Crippen LogP contribution >= 0.6 is 0 Å². The minimum atomic E-state index is -3.09. The molecule has 0 atom stereocenters. The normalized spacial score (nSPS) is 16.3. The summed E-state index contributed by atoms with van der Waals surface area (Å²) in [6.45, 7) is 4.81. The summed E-state index contributed by atoms with van der Waals surface area (Å²) in [5.41, 5.74) is 7.59. The molecule has 31 heavy (non-hydrogen) atoms. The van der Waals surface area contributed by atoms with Gasteiger partial charge in [0, 0.05) is 38.4 Å². The maximum absolute atomic E-state index is 13.0. The van der Waals surface area contributed by atoms with Crippen molar-refractivity contribution in [1.82, 2.24) is 29.4 Å². The summed E-state index contributed by atoms with van der Waals surface area (Å²) in [5.74, 6) is -0.0320. The van der Waals surface area contributed by atoms with Gasteiger partial charge in [0.2, 0.25) is 0 Å². The van der Waals surface area contributed by atoms with Gasteiger partial charge in [0.05, 0.1) is 22.7 Å². The topological polar surface area (TPSA) is 149 Å². The average molecular weight is 448 g/mol. The number of anilines is 1. The lowest BCUT2D eigenvalue weighted by molar-refractivity contribution is 0.0759. The number of aryl methyl sites for hydroxylation is 1. The number of aromatic amines is 1. The van der Waals surface area contributed by atoms with Crippen molar-refractivity contribution in [2.45, 2.75) is 20.4 Å². The van der Waals surface area contributed by atoms with Gasteiger partial charge in [-0.05, 0) is 12.0 Å². The van der Waals surface area contributed by atoms with E-state index in [2.05, 4.69) is 15.3 Å². The zero-order valence-corrected chi connectivity index (χ0v) is 18.4. The third-order valence-electron chi connectivity index (χ3n) is 5.39. The zero-order chi connectivity index (χ0) is 22.5. The highest BCUT2D eigenvalue weighted by atomic mass is 32.2. The van der Waals surface area contributed by atoms with Gasteiger partial charge in [-0.3, -0.25) is 19.4 Å². The Morgan fingerprint density at radius 1 is 1.29 bits per heavy atom. The number of fused-ring (bicyclic) bond motifs is 1. The SMILES string of the molecule is CC(C)Cn1cc(-c2cc(C(=O)N3CCS(=O)(=O)CC3)n(C)n2)c2[nH]nc(N)c2c1=O. The lowest BCUT2D eigenvalue weighted by Gasteiger charge is -2.26. The van der Waals surface area contributed by atoms with E-state index in [0.717, 1.165) is 0 Å². The average Bonchev–Trinajstić information content (AvgIpc) is 3.26. The number of carbonyl (C=O) groups is 1. The predicted molar refractivity (Wildman–Crippen MR) is 116 cm³/mol. The number of aromatic nitrogens is 5. The molecule has 1 amide bonds. The van der Waals surface area contributed by atoms with Crippen LogP contribution in [0.5, 0.6) is 0 Å². The van der Waals surface area contributed by atoms with Crippen molar-refractivity contribution in [1.29, 1.82) is 0 Å². The molecule has 166 valence electrons. The van der Waals surface area contributed by atoms with E-state index >= 15 is 0 Å². The molecule has 0 bridgehead atoms. The van der Waals surface area contributed by atoms with Gasteiger partial charge in [0.1, 0.15) is 11.1 Å². The number of carbonyl (C=O) groups excluding carboxylic acids is 1. The molecule has 0 saturated carbocycles. The molecule has 1 aliphatic rings. The van der Waals surface area contributed by atoms with Crippen LogP contribution in [0.4, 0.5) is 5.82 Å². The van der Waals surface area contributed by atoms with Gasteiger partial charge in [-0.2, -0.15) is 10.2 Å². The number of nitrogens with zero attached hydrogens (tertiary/aromatic N) is 5. The lowest BCUT2D eigenvalue weighted by Crippen LogP contribution is -2.44. The Morgan fingerprint density at radius 2 is 1.97 bits per heavy atom. The molecule has 3 aromatic heterocycles. The third-order valence-corrected chi connectivity index (χ3v) is 7.00. The van der Waals surface area contributed by atoms with Crippen LogP contribution in [-0.4, -0.2) is 68.4 Å². The van der Waals surface area contributed by atoms with Gasteiger partial charge in [0.15, 0.2) is 15.7 Å². The van der Waals surface area contributed by atoms with E-state index in [0.29, 0.717) is 29.0 Å². The van der Waals surface area contributed by atoms with Crippen molar-refractivity contribution in [2.24, 2.45) is 13.0 Å². The van der Waals surface area contributed by atoms with E-state index in [4.69, 9.17) is 5.73 Å². The number of pyridine rings is 1. The van der Waals surface area contributed by atoms with E-state index in [1.165, 1.54) is 9.58 Å². The highest BCUT2D eigenvalue weighted by molar-refractivity contribution is 7.91. The van der Waals surface area contributed by atoms with Gasteiger partial charge in [-0.25, -0.2) is 8.42 Å². The summed E-state index contributed by atoms with van der Waals surface area (Å²) in [7, 11) is -1.44. The summed E-state index contributed by atoms with van der Waals surface area (Å²) >= 11 is 0. The molecular weight excluding hydrogens is 422 g/mol. The Balaban J connectivity index is 1.77. The van der Waals surface area contributed by atoms with Crippen molar-refractivity contribution in [3.8, 4) is 11.3 Å². The molecular formula is C19H25N7O4S. The Bertz CT molecular complexity index is 1320. The molecule has 0 aliphatic carbocycles. The Morgan fingerprint density at radius 3 is 2.61 bits per heavy atom. The first kappa shape index (κ1) is 21.1. The van der Waals surface area contributed by atoms with Gasteiger partial charge in [-0.15, -0.1) is 0 Å². The molecule has 1 saturated heterocycles. The molecule has 1 fully saturated rings. The number of rotatable bonds is 4. The highest BCUT2D eigenvalue weighted by Crippen LogP contribution is 2.28. The van der Waals surface area contributed by atoms with Crippen molar-refractivity contribution in [3.05, 3.63) is 28.3 Å². The van der Waals surface area contributed by atoms with Crippen molar-refractivity contribution in [2.75, 3.05) is 30.3 Å². The number of nitrogen functional groups attached to an aromatic ring is 1. The van der Waals surface area contributed by atoms with E-state index in [1.807, 2.05) is 13.8 Å². The maximum Gasteiger partial charge on any atom is 0.272 e. The highest BCUT2D eigenvalue weighted by Gasteiger charge is 2.28. The van der Waals surface area contributed by atoms with Gasteiger partial charge in [0.25, 0.3) is 11.5 Å². The predicted octanol–water partition coefficient (Wildman–Crippen LogP) is 0.234. The monoisotopic (exact) mass is 447 g/mol. The summed E-state index contributed by atoms with van der Waals surface area (Å²) in [5, 5.41) is 11.6. The summed E-state index contributed by atoms with van der Waals surface area (Å²) in [6, 6.07) is 1.64. The van der Waals surface area contributed by atoms with Gasteiger partial charge in [-0.1, -0.05) is 13.8 Å². The Labute approximate surface area is 178 Å². The third kappa shape index (κ3) is 3.82.